The van der Waals surface area contributed by atoms with Crippen LogP contribution in [0.3, 0.4) is 0 Å². The molecule has 11 heteroatoms. The molecular weight excluding hydrogens is 444 g/mol. The molecule has 2 N–H and O–H groups in total. The molecule has 168 valence electrons. The van der Waals surface area contributed by atoms with Crippen molar-refractivity contribution in [2.75, 3.05) is 36.0 Å². The largest absolute Gasteiger partial charge is 0.490 e. The number of ether oxygens (including phenoxy) is 2. The second-order valence-electron chi connectivity index (χ2n) is 6.83. The Morgan fingerprint density at radius 3 is 2.32 bits per heavy atom. The lowest BCUT2D eigenvalue weighted by Crippen LogP contribution is -2.29. The zero-order valence-electron chi connectivity index (χ0n) is 17.0. The fraction of sp³-hybridized carbons (Fsp3) is 0.350. The van der Waals surface area contributed by atoms with E-state index in [4.69, 9.17) is 9.47 Å². The lowest BCUT2D eigenvalue weighted by atomic mass is 10.2. The molecule has 3 rings (SSSR count). The molecule has 0 fully saturated rings. The van der Waals surface area contributed by atoms with Gasteiger partial charge in [-0.3, -0.25) is 9.52 Å². The zero-order chi connectivity index (χ0) is 22.5. The summed E-state index contributed by atoms with van der Waals surface area (Å²) in [5.41, 5.74) is 0.560. The molecular formula is C20H24N2O7S2. The van der Waals surface area contributed by atoms with E-state index in [1.54, 1.807) is 13.0 Å². The third kappa shape index (κ3) is 6.11. The highest BCUT2D eigenvalue weighted by molar-refractivity contribution is 7.92. The maximum Gasteiger partial charge on any atom is 0.262 e. The number of sulfone groups is 1. The molecule has 1 aliphatic rings. The topological polar surface area (TPSA) is 128 Å². The van der Waals surface area contributed by atoms with Gasteiger partial charge in [0.25, 0.3) is 15.9 Å². The Morgan fingerprint density at radius 2 is 1.65 bits per heavy atom. The van der Waals surface area contributed by atoms with Crippen molar-refractivity contribution >= 4 is 31.5 Å². The molecule has 0 bridgehead atoms. The van der Waals surface area contributed by atoms with Crippen LogP contribution in [0.15, 0.2) is 47.4 Å². The summed E-state index contributed by atoms with van der Waals surface area (Å²) >= 11 is 0. The average molecular weight is 469 g/mol. The predicted octanol–water partition coefficient (Wildman–Crippen LogP) is 1.81. The molecule has 9 nitrogen and oxygen atoms in total. The van der Waals surface area contributed by atoms with Crippen LogP contribution in [0.5, 0.6) is 11.5 Å². The first-order chi connectivity index (χ1) is 14.7. The Hall–Kier alpha value is -2.79. The molecule has 2 aromatic carbocycles. The summed E-state index contributed by atoms with van der Waals surface area (Å²) in [4.78, 5) is 12.2. The first kappa shape index (κ1) is 22.9. The summed E-state index contributed by atoms with van der Waals surface area (Å²) in [5.74, 6) is 0.309. The number of hydrogen-bond acceptors (Lipinski definition) is 7. The number of rotatable bonds is 8. The normalized spacial score (nSPS) is 13.8. The van der Waals surface area contributed by atoms with E-state index in [-0.39, 0.29) is 34.2 Å². The van der Waals surface area contributed by atoms with Gasteiger partial charge in [-0.05, 0) is 36.4 Å². The second-order valence-corrected chi connectivity index (χ2v) is 11.0. The standard InChI is InChI=1S/C20H24N2O7S2/c1-2-30(24,25)13-10-21-20(23)15-4-6-16(7-5-15)22-31(26,27)17-8-9-18-19(14-17)29-12-3-11-28-18/h4-9,14,22H,2-3,10-13H2,1H3,(H,21,23). The van der Waals surface area contributed by atoms with E-state index >= 15 is 0 Å². The van der Waals surface area contributed by atoms with E-state index in [9.17, 15) is 21.6 Å². The van der Waals surface area contributed by atoms with Gasteiger partial charge in [0.15, 0.2) is 21.3 Å². The van der Waals surface area contributed by atoms with Crippen LogP contribution < -0.4 is 19.5 Å². The van der Waals surface area contributed by atoms with Crippen molar-refractivity contribution in [3.8, 4) is 11.5 Å². The van der Waals surface area contributed by atoms with Crippen LogP contribution in [0.2, 0.25) is 0 Å². The van der Waals surface area contributed by atoms with Gasteiger partial charge in [0.2, 0.25) is 0 Å². The number of nitrogens with one attached hydrogen (secondary N) is 2. The summed E-state index contributed by atoms with van der Waals surface area (Å²) in [6.45, 7) is 2.50. The minimum atomic E-state index is -3.88. The van der Waals surface area contributed by atoms with Gasteiger partial charge in [-0.15, -0.1) is 0 Å². The molecule has 0 aliphatic carbocycles. The number of benzene rings is 2. The van der Waals surface area contributed by atoms with Gasteiger partial charge in [0.05, 0.1) is 23.9 Å². The summed E-state index contributed by atoms with van der Waals surface area (Å²) in [7, 11) is -7.04. The lowest BCUT2D eigenvalue weighted by molar-refractivity contribution is 0.0956. The van der Waals surface area contributed by atoms with Gasteiger partial charge in [-0.1, -0.05) is 6.92 Å². The molecule has 0 saturated heterocycles. The highest BCUT2D eigenvalue weighted by Crippen LogP contribution is 2.32. The van der Waals surface area contributed by atoms with Crippen molar-refractivity contribution in [2.45, 2.75) is 18.2 Å². The van der Waals surface area contributed by atoms with Crippen molar-refractivity contribution in [3.63, 3.8) is 0 Å². The highest BCUT2D eigenvalue weighted by Gasteiger charge is 2.19. The second kappa shape index (κ2) is 9.56. The van der Waals surface area contributed by atoms with Gasteiger partial charge < -0.3 is 14.8 Å². The molecule has 1 heterocycles. The molecule has 0 spiro atoms. The number of amides is 1. The van der Waals surface area contributed by atoms with Crippen molar-refractivity contribution < 1.29 is 31.1 Å². The van der Waals surface area contributed by atoms with Crippen LogP contribution in [0, 0.1) is 0 Å². The maximum absolute atomic E-state index is 12.7. The Bertz CT molecular complexity index is 1140. The number of hydrogen-bond donors (Lipinski definition) is 2. The van der Waals surface area contributed by atoms with Gasteiger partial charge in [0, 0.05) is 36.0 Å². The molecule has 0 atom stereocenters. The molecule has 1 aliphatic heterocycles. The average Bonchev–Trinajstić information content (AvgIpc) is 2.98. The van der Waals surface area contributed by atoms with Gasteiger partial charge in [0.1, 0.15) is 0 Å². The minimum absolute atomic E-state index is 0.00744. The fourth-order valence-electron chi connectivity index (χ4n) is 2.78. The quantitative estimate of drug-likeness (QED) is 0.605. The van der Waals surface area contributed by atoms with Crippen LogP contribution in [-0.2, 0) is 19.9 Å². The molecule has 1 amide bonds. The number of sulfonamides is 1. The fourth-order valence-corrected chi connectivity index (χ4v) is 4.56. The smallest absolute Gasteiger partial charge is 0.262 e. The van der Waals surface area contributed by atoms with E-state index in [1.807, 2.05) is 0 Å². The van der Waals surface area contributed by atoms with Crippen molar-refractivity contribution in [1.29, 1.82) is 0 Å². The molecule has 2 aromatic rings. The summed E-state index contributed by atoms with van der Waals surface area (Å²) in [5, 5.41) is 2.53. The number of anilines is 1. The third-order valence-corrected chi connectivity index (χ3v) is 7.65. The monoisotopic (exact) mass is 468 g/mol. The number of carbonyl (C=O) groups excluding carboxylic acids is 1. The SMILES string of the molecule is CCS(=O)(=O)CCNC(=O)c1ccc(NS(=O)(=O)c2ccc3c(c2)OCCCO3)cc1. The highest BCUT2D eigenvalue weighted by atomic mass is 32.2. The van der Waals surface area contributed by atoms with Crippen LogP contribution in [0.4, 0.5) is 5.69 Å². The molecule has 0 saturated carbocycles. The first-order valence-electron chi connectivity index (χ1n) is 9.71. The van der Waals surface area contributed by atoms with Gasteiger partial charge >= 0.3 is 0 Å². The summed E-state index contributed by atoms with van der Waals surface area (Å²) in [6.07, 6.45) is 0.712. The maximum atomic E-state index is 12.7. The summed E-state index contributed by atoms with van der Waals surface area (Å²) < 4.78 is 61.9. The van der Waals surface area contributed by atoms with Crippen LogP contribution in [0.25, 0.3) is 0 Å². The third-order valence-electron chi connectivity index (χ3n) is 4.57. The van der Waals surface area contributed by atoms with Crippen molar-refractivity contribution in [3.05, 3.63) is 48.0 Å². The predicted molar refractivity (Wildman–Crippen MR) is 116 cm³/mol. The number of fused-ring (bicyclic) bond motifs is 1. The molecule has 0 radical (unpaired) electrons. The number of carbonyl (C=O) groups is 1. The van der Waals surface area contributed by atoms with E-state index in [1.165, 1.54) is 36.4 Å². The van der Waals surface area contributed by atoms with Crippen molar-refractivity contribution in [1.82, 2.24) is 5.32 Å². The van der Waals surface area contributed by atoms with Crippen molar-refractivity contribution in [2.24, 2.45) is 0 Å². The zero-order valence-corrected chi connectivity index (χ0v) is 18.6. The van der Waals surface area contributed by atoms with Gasteiger partial charge in [-0.25, -0.2) is 16.8 Å². The first-order valence-corrected chi connectivity index (χ1v) is 13.0. The van der Waals surface area contributed by atoms with Gasteiger partial charge in [-0.2, -0.15) is 0 Å². The lowest BCUT2D eigenvalue weighted by Gasteiger charge is -2.12. The van der Waals surface area contributed by atoms with E-state index in [0.29, 0.717) is 31.1 Å². The minimum Gasteiger partial charge on any atom is -0.490 e. The van der Waals surface area contributed by atoms with Crippen LogP contribution in [0.1, 0.15) is 23.7 Å². The van der Waals surface area contributed by atoms with E-state index < -0.39 is 25.8 Å². The Kier molecular flexibility index (Phi) is 7.06. The van der Waals surface area contributed by atoms with E-state index in [2.05, 4.69) is 10.0 Å². The summed E-state index contributed by atoms with van der Waals surface area (Å²) in [6, 6.07) is 10.2. The molecule has 0 aromatic heterocycles. The Morgan fingerprint density at radius 1 is 0.968 bits per heavy atom. The van der Waals surface area contributed by atoms with Crippen LogP contribution >= 0.6 is 0 Å². The Balaban J connectivity index is 1.65. The molecule has 31 heavy (non-hydrogen) atoms. The molecule has 0 unspecified atom stereocenters. The van der Waals surface area contributed by atoms with Crippen LogP contribution in [-0.4, -0.2) is 54.0 Å². The Labute approximate surface area is 181 Å². The van der Waals surface area contributed by atoms with E-state index in [0.717, 1.165) is 0 Å².